The van der Waals surface area contributed by atoms with Crippen LogP contribution < -0.4 is 10.6 Å². The molecule has 2 N–H and O–H groups in total. The largest absolute Gasteiger partial charge is 0.353 e. The van der Waals surface area contributed by atoms with Gasteiger partial charge in [-0.1, -0.05) is 0 Å². The fraction of sp³-hybridized carbons (Fsp3) is 0.625. The van der Waals surface area contributed by atoms with E-state index in [4.69, 9.17) is 5.73 Å². The van der Waals surface area contributed by atoms with E-state index in [9.17, 15) is 0 Å². The molecule has 114 valence electrons. The molecule has 0 atom stereocenters. The zero-order chi connectivity index (χ0) is 15.0. The Balaban J connectivity index is 2.01. The van der Waals surface area contributed by atoms with Crippen LogP contribution in [0.25, 0.3) is 10.2 Å². The van der Waals surface area contributed by atoms with Gasteiger partial charge in [-0.15, -0.1) is 11.3 Å². The normalized spacial score (nSPS) is 22.7. The van der Waals surface area contributed by atoms with Gasteiger partial charge in [0.25, 0.3) is 0 Å². The van der Waals surface area contributed by atoms with Gasteiger partial charge in [0.15, 0.2) is 0 Å². The number of anilines is 1. The van der Waals surface area contributed by atoms with Gasteiger partial charge in [-0.25, -0.2) is 9.97 Å². The minimum Gasteiger partial charge on any atom is -0.353 e. The summed E-state index contributed by atoms with van der Waals surface area (Å²) in [5, 5.41) is 1.25. The Kier molecular flexibility index (Phi) is 4.13. The van der Waals surface area contributed by atoms with Crippen LogP contribution in [0, 0.1) is 13.8 Å². The number of nitrogens with two attached hydrogens (primary N) is 1. The van der Waals surface area contributed by atoms with E-state index in [-0.39, 0.29) is 0 Å². The summed E-state index contributed by atoms with van der Waals surface area (Å²) in [5.74, 6) is 1.12. The second-order valence-electron chi connectivity index (χ2n) is 6.02. The summed E-state index contributed by atoms with van der Waals surface area (Å²) in [4.78, 5) is 14.0. The molecular formula is C16H24N4S. The van der Waals surface area contributed by atoms with Gasteiger partial charge in [0.05, 0.1) is 5.39 Å². The molecule has 2 aromatic heterocycles. The van der Waals surface area contributed by atoms with Gasteiger partial charge in [-0.2, -0.15) is 0 Å². The van der Waals surface area contributed by atoms with Crippen molar-refractivity contribution in [1.29, 1.82) is 0 Å². The molecule has 4 nitrogen and oxygen atoms in total. The predicted octanol–water partition coefficient (Wildman–Crippen LogP) is 3.40. The van der Waals surface area contributed by atoms with Crippen LogP contribution in [-0.4, -0.2) is 28.6 Å². The van der Waals surface area contributed by atoms with Crippen molar-refractivity contribution in [2.75, 3.05) is 11.4 Å². The third-order valence-electron chi connectivity index (χ3n) is 4.74. The number of hydrogen-bond acceptors (Lipinski definition) is 5. The SMILES string of the molecule is CCN(c1ncnc2sc(C)c(C)c12)C1CCC(N)CC1. The number of nitrogens with zero attached hydrogens (tertiary/aromatic N) is 3. The Morgan fingerprint density at radius 3 is 2.62 bits per heavy atom. The molecule has 2 aromatic rings. The summed E-state index contributed by atoms with van der Waals surface area (Å²) in [7, 11) is 0. The average molecular weight is 304 g/mol. The lowest BCUT2D eigenvalue weighted by Crippen LogP contribution is -2.41. The first-order chi connectivity index (χ1) is 10.1. The first-order valence-electron chi connectivity index (χ1n) is 7.84. The third-order valence-corrected chi connectivity index (χ3v) is 5.86. The third kappa shape index (κ3) is 2.64. The number of rotatable bonds is 3. The summed E-state index contributed by atoms with van der Waals surface area (Å²) in [6.45, 7) is 7.56. The second-order valence-corrected chi connectivity index (χ2v) is 7.22. The zero-order valence-electron chi connectivity index (χ0n) is 13.1. The molecule has 1 fully saturated rings. The fourth-order valence-electron chi connectivity index (χ4n) is 3.38. The van der Waals surface area contributed by atoms with Crippen molar-refractivity contribution in [3.8, 4) is 0 Å². The predicted molar refractivity (Wildman–Crippen MR) is 90.1 cm³/mol. The number of aryl methyl sites for hydroxylation is 2. The number of aromatic nitrogens is 2. The number of thiophene rings is 1. The molecule has 1 aliphatic carbocycles. The van der Waals surface area contributed by atoms with Crippen LogP contribution in [0.1, 0.15) is 43.0 Å². The topological polar surface area (TPSA) is 55.0 Å². The highest BCUT2D eigenvalue weighted by molar-refractivity contribution is 7.18. The van der Waals surface area contributed by atoms with Gasteiger partial charge in [0, 0.05) is 23.5 Å². The molecule has 3 rings (SSSR count). The van der Waals surface area contributed by atoms with E-state index in [0.717, 1.165) is 30.0 Å². The lowest BCUT2D eigenvalue weighted by molar-refractivity contribution is 0.377. The minimum atomic E-state index is 0.385. The average Bonchev–Trinajstić information content (AvgIpc) is 2.78. The number of fused-ring (bicyclic) bond motifs is 1. The molecule has 0 unspecified atom stereocenters. The van der Waals surface area contributed by atoms with E-state index in [2.05, 4.69) is 35.6 Å². The molecule has 0 bridgehead atoms. The standard InChI is InChI=1S/C16H24N4S/c1-4-20(13-7-5-12(17)6-8-13)15-14-10(2)11(3)21-16(14)19-9-18-15/h9,12-13H,4-8,17H2,1-3H3. The van der Waals surface area contributed by atoms with Crippen molar-refractivity contribution >= 4 is 27.4 Å². The lowest BCUT2D eigenvalue weighted by Gasteiger charge is -2.36. The Hall–Kier alpha value is -1.20. The van der Waals surface area contributed by atoms with Gasteiger partial charge < -0.3 is 10.6 Å². The molecule has 5 heteroatoms. The molecule has 0 radical (unpaired) electrons. The van der Waals surface area contributed by atoms with Crippen molar-refractivity contribution in [3.05, 3.63) is 16.8 Å². The van der Waals surface area contributed by atoms with E-state index in [1.807, 2.05) is 0 Å². The van der Waals surface area contributed by atoms with Gasteiger partial charge in [-0.3, -0.25) is 0 Å². The van der Waals surface area contributed by atoms with Crippen LogP contribution in [0.4, 0.5) is 5.82 Å². The fourth-order valence-corrected chi connectivity index (χ4v) is 4.37. The van der Waals surface area contributed by atoms with Crippen LogP contribution in [-0.2, 0) is 0 Å². The van der Waals surface area contributed by atoms with E-state index in [1.54, 1.807) is 17.7 Å². The van der Waals surface area contributed by atoms with E-state index in [1.165, 1.54) is 28.7 Å². The first-order valence-corrected chi connectivity index (χ1v) is 8.66. The monoisotopic (exact) mass is 304 g/mol. The zero-order valence-corrected chi connectivity index (χ0v) is 13.9. The maximum absolute atomic E-state index is 6.05. The Morgan fingerprint density at radius 2 is 1.95 bits per heavy atom. The maximum atomic E-state index is 6.05. The Labute approximate surface area is 130 Å². The van der Waals surface area contributed by atoms with Crippen LogP contribution in [0.3, 0.4) is 0 Å². The van der Waals surface area contributed by atoms with Gasteiger partial charge in [0.1, 0.15) is 17.0 Å². The van der Waals surface area contributed by atoms with Crippen molar-refractivity contribution in [2.24, 2.45) is 5.73 Å². The van der Waals surface area contributed by atoms with Crippen molar-refractivity contribution in [1.82, 2.24) is 9.97 Å². The maximum Gasteiger partial charge on any atom is 0.141 e. The highest BCUT2D eigenvalue weighted by atomic mass is 32.1. The van der Waals surface area contributed by atoms with E-state index >= 15 is 0 Å². The van der Waals surface area contributed by atoms with Crippen LogP contribution >= 0.6 is 11.3 Å². The molecule has 0 amide bonds. The first kappa shape index (κ1) is 14.7. The molecule has 1 aliphatic rings. The van der Waals surface area contributed by atoms with E-state index < -0.39 is 0 Å². The second kappa shape index (κ2) is 5.89. The smallest absolute Gasteiger partial charge is 0.141 e. The highest BCUT2D eigenvalue weighted by Gasteiger charge is 2.26. The van der Waals surface area contributed by atoms with Crippen LogP contribution in [0.15, 0.2) is 6.33 Å². The molecular weight excluding hydrogens is 280 g/mol. The van der Waals surface area contributed by atoms with Gasteiger partial charge >= 0.3 is 0 Å². The Bertz CT molecular complexity index is 628. The Morgan fingerprint density at radius 1 is 1.24 bits per heavy atom. The summed E-state index contributed by atoms with van der Waals surface area (Å²) < 4.78 is 0. The molecule has 0 aliphatic heterocycles. The van der Waals surface area contributed by atoms with Crippen molar-refractivity contribution < 1.29 is 0 Å². The highest BCUT2D eigenvalue weighted by Crippen LogP contribution is 2.36. The van der Waals surface area contributed by atoms with E-state index in [0.29, 0.717) is 12.1 Å². The van der Waals surface area contributed by atoms with Crippen LogP contribution in [0.5, 0.6) is 0 Å². The quantitative estimate of drug-likeness (QED) is 0.944. The van der Waals surface area contributed by atoms with Crippen LogP contribution in [0.2, 0.25) is 0 Å². The number of hydrogen-bond donors (Lipinski definition) is 1. The van der Waals surface area contributed by atoms with Crippen molar-refractivity contribution in [2.45, 2.75) is 58.5 Å². The summed E-state index contributed by atoms with van der Waals surface area (Å²) in [5.41, 5.74) is 7.38. The molecule has 0 saturated heterocycles. The summed E-state index contributed by atoms with van der Waals surface area (Å²) in [6.07, 6.45) is 6.30. The molecule has 21 heavy (non-hydrogen) atoms. The lowest BCUT2D eigenvalue weighted by atomic mass is 9.90. The van der Waals surface area contributed by atoms with Gasteiger partial charge in [-0.05, 0) is 52.0 Å². The summed E-state index contributed by atoms with van der Waals surface area (Å²) in [6, 6.07) is 0.947. The molecule has 0 spiro atoms. The van der Waals surface area contributed by atoms with Crippen molar-refractivity contribution in [3.63, 3.8) is 0 Å². The molecule has 0 aromatic carbocycles. The minimum absolute atomic E-state index is 0.385. The molecule has 2 heterocycles. The summed E-state index contributed by atoms with van der Waals surface area (Å²) >= 11 is 1.77. The van der Waals surface area contributed by atoms with Gasteiger partial charge in [0.2, 0.25) is 0 Å². The molecule has 1 saturated carbocycles.